The van der Waals surface area contributed by atoms with Crippen LogP contribution in [0.25, 0.3) is 72.4 Å². The Kier molecular flexibility index (Phi) is 9.89. The van der Waals surface area contributed by atoms with Gasteiger partial charge in [0.2, 0.25) is 0 Å². The molecule has 0 fully saturated rings. The molecule has 0 saturated heterocycles. The van der Waals surface area contributed by atoms with Crippen LogP contribution in [0.2, 0.25) is 19.6 Å². The minimum absolute atomic E-state index is 0. The van der Waals surface area contributed by atoms with E-state index in [-0.39, 0.29) is 20.1 Å². The molecule has 52 heavy (non-hydrogen) atoms. The Labute approximate surface area is 319 Å². The third-order valence-corrected chi connectivity index (χ3v) is 11.4. The SMILES string of the molecule is Cc1cc(-c2[c-]cccc2)ncc1[Si](C)(C)C.[Ir].[c-]1ccc2c(oc3ccccc32)c1-c1nc2ccccc2n1-c1ccccc1-c1ccccc1. The summed E-state index contributed by atoms with van der Waals surface area (Å²) in [6.45, 7) is 9.24. The summed E-state index contributed by atoms with van der Waals surface area (Å²) in [5.41, 5.74) is 11.3. The Morgan fingerprint density at radius 2 is 1.42 bits per heavy atom. The van der Waals surface area contributed by atoms with Gasteiger partial charge in [-0.15, -0.1) is 54.1 Å². The summed E-state index contributed by atoms with van der Waals surface area (Å²) in [5, 5.41) is 3.61. The number of rotatable bonds is 5. The van der Waals surface area contributed by atoms with Crippen molar-refractivity contribution in [2.75, 3.05) is 0 Å². The molecule has 0 aliphatic heterocycles. The number of imidazole rings is 1. The Morgan fingerprint density at radius 3 is 2.21 bits per heavy atom. The number of hydrogen-bond donors (Lipinski definition) is 0. The van der Waals surface area contributed by atoms with Gasteiger partial charge in [0.1, 0.15) is 5.58 Å². The fraction of sp³-hybridized carbons (Fsp3) is 0.0870. The number of para-hydroxylation sites is 4. The van der Waals surface area contributed by atoms with Crippen molar-refractivity contribution in [2.24, 2.45) is 0 Å². The monoisotopic (exact) mass is 868 g/mol. The van der Waals surface area contributed by atoms with Crippen molar-refractivity contribution in [3.8, 4) is 39.5 Å². The van der Waals surface area contributed by atoms with Crippen LogP contribution in [0.5, 0.6) is 0 Å². The van der Waals surface area contributed by atoms with Gasteiger partial charge in [-0.2, -0.15) is 0 Å². The first kappa shape index (κ1) is 35.0. The van der Waals surface area contributed by atoms with E-state index < -0.39 is 8.07 Å². The molecule has 0 aliphatic carbocycles. The fourth-order valence-corrected chi connectivity index (χ4v) is 8.57. The van der Waals surface area contributed by atoms with Crippen LogP contribution in [-0.2, 0) is 20.1 Å². The molecule has 6 heteroatoms. The van der Waals surface area contributed by atoms with E-state index >= 15 is 0 Å². The third-order valence-electron chi connectivity index (χ3n) is 9.26. The maximum atomic E-state index is 6.36. The normalized spacial score (nSPS) is 11.3. The maximum absolute atomic E-state index is 6.36. The van der Waals surface area contributed by atoms with Crippen LogP contribution in [0.4, 0.5) is 0 Å². The molecule has 0 amide bonds. The standard InChI is InChI=1S/C31H19N2O.C15H18NSi.Ir/c1-2-11-21(12-3-1)22-13-4-7-18-27(22)33-28-19-8-6-17-26(28)32-31(33)25-16-10-15-24-23-14-5-9-20-29(23)34-30(24)25;1-12-10-14(13-8-6-5-7-9-13)16-11-15(12)17(2,3)4;/h1-15,17-20H;5-8,10-11H,1-4H3;/q2*-1;. The van der Waals surface area contributed by atoms with Crippen molar-refractivity contribution in [2.45, 2.75) is 26.6 Å². The maximum Gasteiger partial charge on any atom is 0.120 e. The predicted molar refractivity (Wildman–Crippen MR) is 214 cm³/mol. The van der Waals surface area contributed by atoms with E-state index in [1.165, 1.54) is 10.8 Å². The molecule has 3 heterocycles. The second kappa shape index (κ2) is 14.7. The van der Waals surface area contributed by atoms with Crippen LogP contribution in [0.1, 0.15) is 5.56 Å². The zero-order valence-electron chi connectivity index (χ0n) is 29.5. The molecule has 0 saturated carbocycles. The number of pyridine rings is 1. The Balaban J connectivity index is 0.000000198. The van der Waals surface area contributed by atoms with Gasteiger partial charge in [0, 0.05) is 42.9 Å². The predicted octanol–water partition coefficient (Wildman–Crippen LogP) is 11.5. The van der Waals surface area contributed by atoms with Crippen molar-refractivity contribution in [1.29, 1.82) is 0 Å². The molecular weight excluding hydrogens is 831 g/mol. The number of hydrogen-bond acceptors (Lipinski definition) is 3. The number of fused-ring (bicyclic) bond motifs is 4. The molecule has 1 radical (unpaired) electrons. The van der Waals surface area contributed by atoms with Crippen LogP contribution < -0.4 is 5.19 Å². The van der Waals surface area contributed by atoms with Crippen molar-refractivity contribution < 1.29 is 24.5 Å². The topological polar surface area (TPSA) is 43.9 Å². The number of nitrogens with zero attached hydrogens (tertiary/aromatic N) is 3. The van der Waals surface area contributed by atoms with Gasteiger partial charge in [-0.1, -0.05) is 121 Å². The van der Waals surface area contributed by atoms with Crippen LogP contribution in [0.15, 0.2) is 156 Å². The van der Waals surface area contributed by atoms with E-state index in [1.54, 1.807) is 0 Å². The molecule has 4 nitrogen and oxygen atoms in total. The summed E-state index contributed by atoms with van der Waals surface area (Å²) in [6, 6.07) is 56.2. The smallest absolute Gasteiger partial charge is 0.120 e. The zero-order valence-corrected chi connectivity index (χ0v) is 32.9. The molecule has 0 bridgehead atoms. The second-order valence-electron chi connectivity index (χ2n) is 13.7. The molecule has 9 aromatic rings. The van der Waals surface area contributed by atoms with Crippen molar-refractivity contribution in [1.82, 2.24) is 14.5 Å². The van der Waals surface area contributed by atoms with Gasteiger partial charge >= 0.3 is 0 Å². The Bertz CT molecular complexity index is 2640. The Hall–Kier alpha value is -5.39. The number of furan rings is 1. The molecule has 0 spiro atoms. The van der Waals surface area contributed by atoms with E-state index in [4.69, 9.17) is 9.40 Å². The van der Waals surface area contributed by atoms with Gasteiger partial charge < -0.3 is 14.0 Å². The Morgan fingerprint density at radius 1 is 0.692 bits per heavy atom. The summed E-state index contributed by atoms with van der Waals surface area (Å²) < 4.78 is 8.59. The first-order chi connectivity index (χ1) is 24.9. The molecule has 0 unspecified atom stereocenters. The number of aryl methyl sites for hydroxylation is 1. The first-order valence-electron chi connectivity index (χ1n) is 17.3. The molecule has 257 valence electrons. The van der Waals surface area contributed by atoms with Crippen molar-refractivity contribution in [3.63, 3.8) is 0 Å². The van der Waals surface area contributed by atoms with E-state index in [0.717, 1.165) is 72.4 Å². The van der Waals surface area contributed by atoms with Crippen LogP contribution in [0.3, 0.4) is 0 Å². The first-order valence-corrected chi connectivity index (χ1v) is 20.8. The summed E-state index contributed by atoms with van der Waals surface area (Å²) >= 11 is 0. The molecular formula is C46H37IrN3OSi-2. The average molecular weight is 868 g/mol. The molecule has 3 aromatic heterocycles. The van der Waals surface area contributed by atoms with Gasteiger partial charge in [-0.3, -0.25) is 4.98 Å². The molecule has 0 atom stereocenters. The van der Waals surface area contributed by atoms with Crippen molar-refractivity contribution in [3.05, 3.63) is 169 Å². The summed E-state index contributed by atoms with van der Waals surface area (Å²) in [4.78, 5) is 9.67. The van der Waals surface area contributed by atoms with Gasteiger partial charge in [-0.25, -0.2) is 0 Å². The van der Waals surface area contributed by atoms with Gasteiger partial charge in [0.05, 0.1) is 30.5 Å². The summed E-state index contributed by atoms with van der Waals surface area (Å²) in [6.07, 6.45) is 2.05. The summed E-state index contributed by atoms with van der Waals surface area (Å²) in [7, 11) is -1.27. The molecule has 6 aromatic carbocycles. The molecule has 9 rings (SSSR count). The minimum atomic E-state index is -1.27. The average Bonchev–Trinajstić information content (AvgIpc) is 3.74. The molecule has 0 aliphatic rings. The molecule has 0 N–H and O–H groups in total. The van der Waals surface area contributed by atoms with Gasteiger partial charge in [0.15, 0.2) is 0 Å². The zero-order chi connectivity index (χ0) is 35.0. The second-order valence-corrected chi connectivity index (χ2v) is 18.8. The van der Waals surface area contributed by atoms with E-state index in [1.807, 2.05) is 54.6 Å². The quantitative estimate of drug-likeness (QED) is 0.128. The fourth-order valence-electron chi connectivity index (χ4n) is 6.87. The van der Waals surface area contributed by atoms with Crippen LogP contribution in [-0.4, -0.2) is 22.6 Å². The largest absolute Gasteiger partial charge is 0.501 e. The van der Waals surface area contributed by atoms with Gasteiger partial charge in [-0.05, 0) is 47.6 Å². The van der Waals surface area contributed by atoms with E-state index in [0.29, 0.717) is 0 Å². The van der Waals surface area contributed by atoms with E-state index in [9.17, 15) is 0 Å². The van der Waals surface area contributed by atoms with Crippen LogP contribution in [0, 0.1) is 19.1 Å². The van der Waals surface area contributed by atoms with E-state index in [2.05, 4.69) is 145 Å². The van der Waals surface area contributed by atoms with Gasteiger partial charge in [0.25, 0.3) is 0 Å². The number of benzene rings is 6. The van der Waals surface area contributed by atoms with Crippen LogP contribution >= 0.6 is 0 Å². The van der Waals surface area contributed by atoms with Crippen molar-refractivity contribution >= 4 is 46.2 Å². The third kappa shape index (κ3) is 6.69. The summed E-state index contributed by atoms with van der Waals surface area (Å²) in [5.74, 6) is 0.814. The minimum Gasteiger partial charge on any atom is -0.501 e. The number of aromatic nitrogens is 3.